The van der Waals surface area contributed by atoms with Gasteiger partial charge in [-0.25, -0.2) is 4.39 Å². The summed E-state index contributed by atoms with van der Waals surface area (Å²) < 4.78 is 13.0. The van der Waals surface area contributed by atoms with Gasteiger partial charge >= 0.3 is 0 Å². The lowest BCUT2D eigenvalue weighted by atomic mass is 10.0. The highest BCUT2D eigenvalue weighted by molar-refractivity contribution is 6.37. The second-order valence-corrected chi connectivity index (χ2v) is 4.83. The minimum atomic E-state index is -0.578. The van der Waals surface area contributed by atoms with E-state index in [2.05, 4.69) is 0 Å². The van der Waals surface area contributed by atoms with Gasteiger partial charge in [0.2, 0.25) is 0 Å². The fourth-order valence-corrected chi connectivity index (χ4v) is 2.02. The van der Waals surface area contributed by atoms with Crippen molar-refractivity contribution in [2.24, 2.45) is 0 Å². The minimum absolute atomic E-state index is 0.112. The number of hydrogen-bond donors (Lipinski definition) is 0. The molecule has 0 aliphatic rings. The van der Waals surface area contributed by atoms with E-state index in [1.54, 1.807) is 6.07 Å². The quantitative estimate of drug-likeness (QED) is 0.712. The van der Waals surface area contributed by atoms with Gasteiger partial charge in [-0.2, -0.15) is 0 Å². The maximum atomic E-state index is 13.0. The molecule has 92 valence electrons. The van der Waals surface area contributed by atoms with Gasteiger partial charge in [0.25, 0.3) is 0 Å². The highest BCUT2D eigenvalue weighted by Gasteiger charge is 2.14. The molecule has 0 aromatic heterocycles. The molecule has 0 N–H and O–H groups in total. The molecule has 2 aromatic carbocycles. The molecule has 0 aliphatic heterocycles. The molecule has 1 nitrogen and oxygen atoms in total. The summed E-state index contributed by atoms with van der Waals surface area (Å²) in [7, 11) is 0. The molecule has 0 bridgehead atoms. The van der Waals surface area contributed by atoms with Crippen LogP contribution in [0.1, 0.15) is 15.9 Å². The first-order valence-corrected chi connectivity index (χ1v) is 6.07. The van der Waals surface area contributed by atoms with Crippen molar-refractivity contribution in [2.75, 3.05) is 0 Å². The fraction of sp³-hybridized carbons (Fsp3) is 0. The monoisotopic (exact) mass is 302 g/mol. The Morgan fingerprint density at radius 3 is 2.33 bits per heavy atom. The van der Waals surface area contributed by atoms with Crippen molar-refractivity contribution in [1.82, 2.24) is 0 Å². The van der Waals surface area contributed by atoms with E-state index >= 15 is 0 Å². The molecule has 0 atom stereocenters. The molecular weight excluding hydrogens is 297 g/mol. The third-order valence-corrected chi connectivity index (χ3v) is 3.21. The molecule has 18 heavy (non-hydrogen) atoms. The van der Waals surface area contributed by atoms with E-state index in [0.29, 0.717) is 5.02 Å². The highest BCUT2D eigenvalue weighted by atomic mass is 35.5. The summed E-state index contributed by atoms with van der Waals surface area (Å²) in [4.78, 5) is 12.2. The summed E-state index contributed by atoms with van der Waals surface area (Å²) >= 11 is 17.4. The van der Waals surface area contributed by atoms with E-state index in [-0.39, 0.29) is 27.0 Å². The SMILES string of the molecule is O=C(c1ccc(F)c(Cl)c1)c1cc(Cl)ccc1Cl. The molecule has 0 radical (unpaired) electrons. The van der Waals surface area contributed by atoms with E-state index in [1.165, 1.54) is 24.3 Å². The van der Waals surface area contributed by atoms with Gasteiger partial charge in [0.05, 0.1) is 10.0 Å². The third kappa shape index (κ3) is 2.66. The van der Waals surface area contributed by atoms with E-state index < -0.39 is 5.82 Å². The molecule has 0 spiro atoms. The van der Waals surface area contributed by atoms with E-state index in [1.807, 2.05) is 0 Å². The zero-order chi connectivity index (χ0) is 13.3. The zero-order valence-electron chi connectivity index (χ0n) is 8.88. The number of rotatable bonds is 2. The first-order valence-electron chi connectivity index (χ1n) is 4.94. The van der Waals surface area contributed by atoms with Gasteiger partial charge in [0, 0.05) is 16.1 Å². The summed E-state index contributed by atoms with van der Waals surface area (Å²) in [6, 6.07) is 8.31. The maximum absolute atomic E-state index is 13.0. The number of halogens is 4. The average Bonchev–Trinajstić information content (AvgIpc) is 2.35. The van der Waals surface area contributed by atoms with E-state index in [0.717, 1.165) is 6.07 Å². The Morgan fingerprint density at radius 2 is 1.67 bits per heavy atom. The van der Waals surface area contributed by atoms with Crippen LogP contribution in [0, 0.1) is 5.82 Å². The predicted molar refractivity (Wildman–Crippen MR) is 71.3 cm³/mol. The van der Waals surface area contributed by atoms with Gasteiger partial charge in [0.1, 0.15) is 5.82 Å². The molecule has 0 unspecified atom stereocenters. The van der Waals surface area contributed by atoms with Crippen LogP contribution in [0.25, 0.3) is 0 Å². The molecule has 0 fully saturated rings. The van der Waals surface area contributed by atoms with E-state index in [9.17, 15) is 9.18 Å². The molecule has 0 saturated carbocycles. The maximum Gasteiger partial charge on any atom is 0.194 e. The number of ketones is 1. The van der Waals surface area contributed by atoms with Gasteiger partial charge in [-0.1, -0.05) is 34.8 Å². The highest BCUT2D eigenvalue weighted by Crippen LogP contribution is 2.25. The molecular formula is C13H6Cl3FO. The Labute approximate surface area is 118 Å². The Bertz CT molecular complexity index is 626. The van der Waals surface area contributed by atoms with Crippen LogP contribution in [0.5, 0.6) is 0 Å². The second kappa shape index (κ2) is 5.27. The van der Waals surface area contributed by atoms with Gasteiger partial charge in [-0.3, -0.25) is 4.79 Å². The van der Waals surface area contributed by atoms with Crippen LogP contribution >= 0.6 is 34.8 Å². The molecule has 2 rings (SSSR count). The Balaban J connectivity index is 2.47. The topological polar surface area (TPSA) is 17.1 Å². The minimum Gasteiger partial charge on any atom is -0.289 e. The summed E-state index contributed by atoms with van der Waals surface area (Å²) in [5, 5.41) is 0.569. The Hall–Kier alpha value is -1.09. The third-order valence-electron chi connectivity index (χ3n) is 2.35. The normalized spacial score (nSPS) is 10.4. The molecule has 5 heteroatoms. The Morgan fingerprint density at radius 1 is 0.944 bits per heavy atom. The van der Waals surface area contributed by atoms with Crippen molar-refractivity contribution in [1.29, 1.82) is 0 Å². The molecule has 0 saturated heterocycles. The van der Waals surface area contributed by atoms with Gasteiger partial charge in [-0.05, 0) is 36.4 Å². The van der Waals surface area contributed by atoms with Crippen molar-refractivity contribution >= 4 is 40.6 Å². The lowest BCUT2D eigenvalue weighted by molar-refractivity contribution is 0.103. The Kier molecular flexibility index (Phi) is 3.91. The molecule has 0 amide bonds. The number of carbonyl (C=O) groups excluding carboxylic acids is 1. The molecule has 2 aromatic rings. The van der Waals surface area contributed by atoms with Crippen molar-refractivity contribution in [3.8, 4) is 0 Å². The predicted octanol–water partition coefficient (Wildman–Crippen LogP) is 5.02. The van der Waals surface area contributed by atoms with Crippen molar-refractivity contribution in [2.45, 2.75) is 0 Å². The lowest BCUT2D eigenvalue weighted by Crippen LogP contribution is -2.02. The van der Waals surface area contributed by atoms with Crippen LogP contribution in [0.2, 0.25) is 15.1 Å². The lowest BCUT2D eigenvalue weighted by Gasteiger charge is -2.05. The summed E-state index contributed by atoms with van der Waals surface area (Å²) in [6.45, 7) is 0. The van der Waals surface area contributed by atoms with Crippen LogP contribution in [0.4, 0.5) is 4.39 Å². The standard InChI is InChI=1S/C13H6Cl3FO/c14-8-2-3-10(15)9(6-8)13(18)7-1-4-12(17)11(16)5-7/h1-6H. The van der Waals surface area contributed by atoms with Gasteiger partial charge in [-0.15, -0.1) is 0 Å². The zero-order valence-corrected chi connectivity index (χ0v) is 11.2. The van der Waals surface area contributed by atoms with Gasteiger partial charge < -0.3 is 0 Å². The first-order chi connectivity index (χ1) is 8.49. The van der Waals surface area contributed by atoms with Crippen LogP contribution in [-0.2, 0) is 0 Å². The van der Waals surface area contributed by atoms with Gasteiger partial charge in [0.15, 0.2) is 5.78 Å². The van der Waals surface area contributed by atoms with Crippen LogP contribution < -0.4 is 0 Å². The smallest absolute Gasteiger partial charge is 0.194 e. The van der Waals surface area contributed by atoms with Crippen molar-refractivity contribution in [3.63, 3.8) is 0 Å². The average molecular weight is 304 g/mol. The first kappa shape index (κ1) is 13.3. The van der Waals surface area contributed by atoms with Crippen LogP contribution in [-0.4, -0.2) is 5.78 Å². The number of hydrogen-bond acceptors (Lipinski definition) is 1. The summed E-state index contributed by atoms with van der Waals surface area (Å²) in [5.74, 6) is -0.935. The number of carbonyl (C=O) groups is 1. The molecule has 0 aliphatic carbocycles. The summed E-state index contributed by atoms with van der Waals surface area (Å²) in [6.07, 6.45) is 0. The second-order valence-electron chi connectivity index (χ2n) is 3.58. The van der Waals surface area contributed by atoms with Crippen LogP contribution in [0.15, 0.2) is 36.4 Å². The van der Waals surface area contributed by atoms with Crippen LogP contribution in [0.3, 0.4) is 0 Å². The fourth-order valence-electron chi connectivity index (χ4n) is 1.46. The number of benzene rings is 2. The largest absolute Gasteiger partial charge is 0.289 e. The summed E-state index contributed by atoms with van der Waals surface area (Å²) in [5.41, 5.74) is 0.511. The van der Waals surface area contributed by atoms with Crippen molar-refractivity contribution in [3.05, 3.63) is 68.4 Å². The van der Waals surface area contributed by atoms with E-state index in [4.69, 9.17) is 34.8 Å². The van der Waals surface area contributed by atoms with Crippen molar-refractivity contribution < 1.29 is 9.18 Å². The molecule has 0 heterocycles.